The van der Waals surface area contributed by atoms with E-state index in [2.05, 4.69) is 5.32 Å². The van der Waals surface area contributed by atoms with E-state index in [9.17, 15) is 14.4 Å². The summed E-state index contributed by atoms with van der Waals surface area (Å²) in [6.07, 6.45) is 1.63. The maximum absolute atomic E-state index is 12.0. The Hall–Kier alpha value is -3.09. The maximum Gasteiger partial charge on any atom is 0.342 e. The second kappa shape index (κ2) is 8.68. The third kappa shape index (κ3) is 5.20. The molecule has 7 nitrogen and oxygen atoms in total. The number of aryl methyl sites for hydroxylation is 1. The summed E-state index contributed by atoms with van der Waals surface area (Å²) in [7, 11) is 1.24. The minimum atomic E-state index is -0.866. The number of methoxy groups -OCH3 is 1. The smallest absolute Gasteiger partial charge is 0.342 e. The van der Waals surface area contributed by atoms with Gasteiger partial charge in [-0.05, 0) is 18.6 Å². The number of ether oxygens (including phenoxy) is 2. The van der Waals surface area contributed by atoms with E-state index in [0.29, 0.717) is 5.76 Å². The molecule has 132 valence electrons. The van der Waals surface area contributed by atoms with Crippen molar-refractivity contribution in [1.82, 2.24) is 5.32 Å². The highest BCUT2D eigenvalue weighted by molar-refractivity contribution is 5.92. The molecule has 7 heteroatoms. The van der Waals surface area contributed by atoms with Crippen molar-refractivity contribution in [1.29, 1.82) is 0 Å². The number of benzene rings is 1. The van der Waals surface area contributed by atoms with Crippen LogP contribution >= 0.6 is 0 Å². The van der Waals surface area contributed by atoms with Crippen LogP contribution in [0.15, 0.2) is 47.1 Å². The third-order valence-electron chi connectivity index (χ3n) is 3.52. The topological polar surface area (TPSA) is 94.8 Å². The molecule has 0 aliphatic rings. The molecule has 0 saturated heterocycles. The zero-order valence-electron chi connectivity index (χ0n) is 14.0. The predicted molar refractivity (Wildman–Crippen MR) is 87.8 cm³/mol. The summed E-state index contributed by atoms with van der Waals surface area (Å²) < 4.78 is 14.6. The molecule has 0 bridgehead atoms. The van der Waals surface area contributed by atoms with Crippen molar-refractivity contribution in [2.75, 3.05) is 13.7 Å². The van der Waals surface area contributed by atoms with Gasteiger partial charge in [-0.1, -0.05) is 30.3 Å². The van der Waals surface area contributed by atoms with Crippen LogP contribution in [0.2, 0.25) is 0 Å². The largest absolute Gasteiger partial charge is 0.469 e. The molecular formula is C18H19NO6. The molecule has 0 aliphatic heterocycles. The molecule has 1 aromatic heterocycles. The van der Waals surface area contributed by atoms with Crippen molar-refractivity contribution in [3.63, 3.8) is 0 Å². The van der Waals surface area contributed by atoms with Gasteiger partial charge in [-0.15, -0.1) is 0 Å². The van der Waals surface area contributed by atoms with Gasteiger partial charge in [0.15, 0.2) is 6.61 Å². The standard InChI is InChI=1S/C18H19NO6/c1-12-14(8-9-24-12)17(21)25-11-16(20)19-15(18(22)23-2)10-13-6-4-3-5-7-13/h3-9,15H,10-11H2,1-2H3,(H,19,20)/t15-/m1/s1. The Bertz CT molecular complexity index is 737. The highest BCUT2D eigenvalue weighted by Gasteiger charge is 2.23. The van der Waals surface area contributed by atoms with Crippen molar-refractivity contribution in [2.45, 2.75) is 19.4 Å². The van der Waals surface area contributed by atoms with Crippen molar-refractivity contribution in [3.05, 3.63) is 59.5 Å². The monoisotopic (exact) mass is 345 g/mol. The molecule has 0 aliphatic carbocycles. The molecular weight excluding hydrogens is 326 g/mol. The number of carbonyl (C=O) groups is 3. The highest BCUT2D eigenvalue weighted by atomic mass is 16.5. The van der Waals surface area contributed by atoms with Crippen molar-refractivity contribution >= 4 is 17.8 Å². The van der Waals surface area contributed by atoms with Gasteiger partial charge in [0.25, 0.3) is 5.91 Å². The van der Waals surface area contributed by atoms with Gasteiger partial charge in [0.1, 0.15) is 17.4 Å². The second-order valence-electron chi connectivity index (χ2n) is 5.30. The van der Waals surface area contributed by atoms with Gasteiger partial charge < -0.3 is 19.2 Å². The van der Waals surface area contributed by atoms with Crippen LogP contribution in [0.3, 0.4) is 0 Å². The van der Waals surface area contributed by atoms with Crippen LogP contribution < -0.4 is 5.32 Å². The van der Waals surface area contributed by atoms with Gasteiger partial charge in [0.05, 0.1) is 13.4 Å². The second-order valence-corrected chi connectivity index (χ2v) is 5.30. The number of hydrogen-bond donors (Lipinski definition) is 1. The number of furan rings is 1. The number of rotatable bonds is 7. The first-order chi connectivity index (χ1) is 12.0. The molecule has 1 heterocycles. The number of esters is 2. The summed E-state index contributed by atoms with van der Waals surface area (Å²) >= 11 is 0. The molecule has 2 rings (SSSR count). The van der Waals surface area contributed by atoms with E-state index in [-0.39, 0.29) is 12.0 Å². The van der Waals surface area contributed by atoms with Crippen molar-refractivity contribution in [2.24, 2.45) is 0 Å². The van der Waals surface area contributed by atoms with Crippen LogP contribution in [0.4, 0.5) is 0 Å². The molecule has 25 heavy (non-hydrogen) atoms. The number of nitrogens with one attached hydrogen (secondary N) is 1. The Balaban J connectivity index is 1.91. The molecule has 0 spiro atoms. The number of hydrogen-bond acceptors (Lipinski definition) is 6. The first-order valence-corrected chi connectivity index (χ1v) is 7.63. The quantitative estimate of drug-likeness (QED) is 0.767. The summed E-state index contributed by atoms with van der Waals surface area (Å²) in [5.41, 5.74) is 1.12. The van der Waals surface area contributed by atoms with Crippen LogP contribution in [-0.4, -0.2) is 37.6 Å². The van der Waals surface area contributed by atoms with E-state index in [0.717, 1.165) is 5.56 Å². The van der Waals surface area contributed by atoms with Crippen molar-refractivity contribution < 1.29 is 28.3 Å². The predicted octanol–water partition coefficient (Wildman–Crippen LogP) is 1.65. The summed E-state index contributed by atoms with van der Waals surface area (Å²) in [4.78, 5) is 35.7. The Labute approximate surface area is 144 Å². The molecule has 0 fully saturated rings. The van der Waals surface area contributed by atoms with Crippen LogP contribution in [0.25, 0.3) is 0 Å². The number of amides is 1. The van der Waals surface area contributed by atoms with Gasteiger partial charge in [-0.2, -0.15) is 0 Å². The molecule has 0 saturated carbocycles. The Morgan fingerprint density at radius 3 is 2.48 bits per heavy atom. The molecule has 1 amide bonds. The van der Waals surface area contributed by atoms with Gasteiger partial charge in [-0.25, -0.2) is 9.59 Å². The summed E-state index contributed by atoms with van der Waals surface area (Å²) in [6.45, 7) is 1.11. The van der Waals surface area contributed by atoms with E-state index in [1.54, 1.807) is 6.92 Å². The van der Waals surface area contributed by atoms with Gasteiger partial charge in [0, 0.05) is 6.42 Å². The molecule has 0 unspecified atom stereocenters. The van der Waals surface area contributed by atoms with Gasteiger partial charge in [0.2, 0.25) is 0 Å². The van der Waals surface area contributed by atoms with Gasteiger partial charge in [-0.3, -0.25) is 4.79 Å². The average Bonchev–Trinajstić information content (AvgIpc) is 3.05. The average molecular weight is 345 g/mol. The highest BCUT2D eigenvalue weighted by Crippen LogP contribution is 2.10. The van der Waals surface area contributed by atoms with Crippen LogP contribution in [0, 0.1) is 6.92 Å². The third-order valence-corrected chi connectivity index (χ3v) is 3.52. The first-order valence-electron chi connectivity index (χ1n) is 7.63. The lowest BCUT2D eigenvalue weighted by Crippen LogP contribution is -2.44. The SMILES string of the molecule is COC(=O)[C@@H](Cc1ccccc1)NC(=O)COC(=O)c1ccoc1C. The zero-order valence-corrected chi connectivity index (χ0v) is 14.0. The summed E-state index contributed by atoms with van der Waals surface area (Å²) in [6, 6.07) is 9.79. The Kier molecular flexibility index (Phi) is 6.33. The fourth-order valence-electron chi connectivity index (χ4n) is 2.23. The molecule has 1 N–H and O–H groups in total. The van der Waals surface area contributed by atoms with Crippen LogP contribution in [0.1, 0.15) is 21.7 Å². The molecule has 1 atom stereocenters. The minimum Gasteiger partial charge on any atom is -0.469 e. The van der Waals surface area contributed by atoms with E-state index >= 15 is 0 Å². The van der Waals surface area contributed by atoms with Gasteiger partial charge >= 0.3 is 11.9 Å². The molecule has 2 aromatic rings. The maximum atomic E-state index is 12.0. The lowest BCUT2D eigenvalue weighted by atomic mass is 10.1. The van der Waals surface area contributed by atoms with Crippen molar-refractivity contribution in [3.8, 4) is 0 Å². The Morgan fingerprint density at radius 2 is 1.88 bits per heavy atom. The van der Waals surface area contributed by atoms with Crippen LogP contribution in [0.5, 0.6) is 0 Å². The lowest BCUT2D eigenvalue weighted by Gasteiger charge is -2.16. The minimum absolute atomic E-state index is 0.251. The van der Waals surface area contributed by atoms with Crippen LogP contribution in [-0.2, 0) is 25.5 Å². The fourth-order valence-corrected chi connectivity index (χ4v) is 2.23. The normalized spacial score (nSPS) is 11.4. The van der Waals surface area contributed by atoms with E-state index in [1.807, 2.05) is 30.3 Å². The fraction of sp³-hybridized carbons (Fsp3) is 0.278. The van der Waals surface area contributed by atoms with E-state index in [1.165, 1.54) is 19.4 Å². The summed E-state index contributed by atoms with van der Waals surface area (Å²) in [5, 5.41) is 2.52. The Morgan fingerprint density at radius 1 is 1.16 bits per heavy atom. The van der Waals surface area contributed by atoms with E-state index < -0.39 is 30.5 Å². The summed E-state index contributed by atoms with van der Waals surface area (Å²) in [5.74, 6) is -1.43. The number of carbonyl (C=O) groups excluding carboxylic acids is 3. The zero-order chi connectivity index (χ0) is 18.2. The van der Waals surface area contributed by atoms with E-state index in [4.69, 9.17) is 13.9 Å². The lowest BCUT2D eigenvalue weighted by molar-refractivity contribution is -0.145. The first kappa shape index (κ1) is 18.3. The molecule has 1 aromatic carbocycles. The molecule has 0 radical (unpaired) electrons.